The molecule has 0 saturated carbocycles. The topological polar surface area (TPSA) is 88.1 Å². The largest absolute Gasteiger partial charge is 0.493 e. The molecule has 8 nitrogen and oxygen atoms in total. The molecule has 0 fully saturated rings. The second kappa shape index (κ2) is 9.21. The Balaban J connectivity index is 2.22. The van der Waals surface area contributed by atoms with Gasteiger partial charge in [-0.25, -0.2) is 4.79 Å². The van der Waals surface area contributed by atoms with Crippen LogP contribution in [-0.2, 0) is 4.74 Å². The second-order valence-corrected chi connectivity index (χ2v) is 6.31. The second-order valence-electron chi connectivity index (χ2n) is 6.31. The fourth-order valence-corrected chi connectivity index (χ4v) is 3.27. The number of amides is 1. The summed E-state index contributed by atoms with van der Waals surface area (Å²) < 4.78 is 26.4. The quantitative estimate of drug-likeness (QED) is 0.633. The highest BCUT2D eigenvalue weighted by Gasteiger charge is 2.23. The zero-order valence-corrected chi connectivity index (χ0v) is 17.5. The van der Waals surface area contributed by atoms with Crippen molar-refractivity contribution in [2.75, 3.05) is 35.5 Å². The molecule has 1 amide bonds. The van der Waals surface area contributed by atoms with Crippen LogP contribution in [0.25, 0.3) is 10.8 Å². The van der Waals surface area contributed by atoms with E-state index in [0.29, 0.717) is 28.7 Å². The first-order chi connectivity index (χ1) is 14.6. The van der Waals surface area contributed by atoms with E-state index in [4.69, 9.17) is 23.7 Å². The molecular formula is C22H24N2O6. The molecule has 30 heavy (non-hydrogen) atoms. The minimum absolute atomic E-state index is 0.533. The van der Waals surface area contributed by atoms with Crippen molar-refractivity contribution in [3.05, 3.63) is 53.9 Å². The van der Waals surface area contributed by atoms with Crippen LogP contribution in [0.4, 0.5) is 4.79 Å². The summed E-state index contributed by atoms with van der Waals surface area (Å²) in [5, 5.41) is 4.54. The number of nitrogens with zero attached hydrogens (tertiary/aromatic N) is 1. The van der Waals surface area contributed by atoms with Crippen LogP contribution in [0.5, 0.6) is 23.0 Å². The molecule has 2 aromatic carbocycles. The van der Waals surface area contributed by atoms with Crippen LogP contribution < -0.4 is 24.3 Å². The Labute approximate surface area is 174 Å². The molecule has 1 unspecified atom stereocenters. The van der Waals surface area contributed by atoms with Gasteiger partial charge >= 0.3 is 6.09 Å². The number of methoxy groups -OCH3 is 5. The molecular weight excluding hydrogens is 388 g/mol. The summed E-state index contributed by atoms with van der Waals surface area (Å²) in [6.07, 6.45) is 1.09. The number of benzene rings is 2. The van der Waals surface area contributed by atoms with Gasteiger partial charge in [-0.1, -0.05) is 6.07 Å². The van der Waals surface area contributed by atoms with Crippen molar-refractivity contribution >= 4 is 16.9 Å². The van der Waals surface area contributed by atoms with E-state index in [1.807, 2.05) is 24.3 Å². The Bertz CT molecular complexity index is 1050. The summed E-state index contributed by atoms with van der Waals surface area (Å²) in [7, 11) is 7.58. The van der Waals surface area contributed by atoms with Gasteiger partial charge < -0.3 is 29.0 Å². The first-order valence-corrected chi connectivity index (χ1v) is 9.13. The molecule has 0 aliphatic heterocycles. The number of fused-ring (bicyclic) bond motifs is 1. The number of aromatic nitrogens is 1. The summed E-state index contributed by atoms with van der Waals surface area (Å²) in [6, 6.07) is 10.4. The van der Waals surface area contributed by atoms with E-state index >= 15 is 0 Å². The first-order valence-electron chi connectivity index (χ1n) is 9.13. The third kappa shape index (κ3) is 4.03. The monoisotopic (exact) mass is 412 g/mol. The lowest BCUT2D eigenvalue weighted by Gasteiger charge is -2.21. The third-order valence-corrected chi connectivity index (χ3v) is 4.76. The Morgan fingerprint density at radius 2 is 1.47 bits per heavy atom. The molecule has 1 heterocycles. The smallest absolute Gasteiger partial charge is 0.407 e. The molecule has 0 saturated heterocycles. The number of nitrogens with one attached hydrogen (secondary N) is 1. The van der Waals surface area contributed by atoms with E-state index in [1.165, 1.54) is 7.11 Å². The van der Waals surface area contributed by atoms with Gasteiger partial charge in [0, 0.05) is 11.6 Å². The molecule has 3 rings (SSSR count). The van der Waals surface area contributed by atoms with Gasteiger partial charge in [-0.05, 0) is 41.3 Å². The normalized spacial score (nSPS) is 11.5. The maximum Gasteiger partial charge on any atom is 0.407 e. The van der Waals surface area contributed by atoms with Crippen molar-refractivity contribution in [3.63, 3.8) is 0 Å². The maximum atomic E-state index is 12.1. The molecule has 0 spiro atoms. The van der Waals surface area contributed by atoms with Crippen LogP contribution >= 0.6 is 0 Å². The van der Waals surface area contributed by atoms with Gasteiger partial charge in [-0.2, -0.15) is 0 Å². The van der Waals surface area contributed by atoms with E-state index in [2.05, 4.69) is 10.3 Å². The zero-order valence-electron chi connectivity index (χ0n) is 17.5. The van der Waals surface area contributed by atoms with Crippen molar-refractivity contribution in [2.45, 2.75) is 6.04 Å². The van der Waals surface area contributed by atoms with E-state index in [9.17, 15) is 4.79 Å². The lowest BCUT2D eigenvalue weighted by molar-refractivity contribution is 0.168. The highest BCUT2D eigenvalue weighted by Crippen LogP contribution is 2.37. The zero-order chi connectivity index (χ0) is 21.7. The number of hydrogen-bond donors (Lipinski definition) is 1. The Hall–Kier alpha value is -3.68. The van der Waals surface area contributed by atoms with E-state index in [1.54, 1.807) is 46.8 Å². The number of alkyl carbamates (subject to hydrolysis) is 1. The van der Waals surface area contributed by atoms with Gasteiger partial charge in [0.15, 0.2) is 23.0 Å². The lowest BCUT2D eigenvalue weighted by atomic mass is 9.97. The van der Waals surface area contributed by atoms with Crippen LogP contribution in [-0.4, -0.2) is 46.6 Å². The van der Waals surface area contributed by atoms with Gasteiger partial charge in [0.25, 0.3) is 0 Å². The predicted octanol–water partition coefficient (Wildman–Crippen LogP) is 3.71. The molecule has 0 aliphatic carbocycles. The van der Waals surface area contributed by atoms with Gasteiger partial charge in [0.2, 0.25) is 0 Å². The average molecular weight is 412 g/mol. The summed E-state index contributed by atoms with van der Waals surface area (Å²) >= 11 is 0. The molecule has 8 heteroatoms. The molecule has 158 valence electrons. The van der Waals surface area contributed by atoms with Crippen LogP contribution in [0, 0.1) is 0 Å². The van der Waals surface area contributed by atoms with E-state index < -0.39 is 12.1 Å². The third-order valence-electron chi connectivity index (χ3n) is 4.76. The van der Waals surface area contributed by atoms with E-state index in [0.717, 1.165) is 16.3 Å². The van der Waals surface area contributed by atoms with Crippen LogP contribution in [0.1, 0.15) is 17.3 Å². The minimum atomic E-state index is -0.612. The molecule has 3 aromatic rings. The van der Waals surface area contributed by atoms with Crippen molar-refractivity contribution in [2.24, 2.45) is 0 Å². The summed E-state index contributed by atoms with van der Waals surface area (Å²) in [5.41, 5.74) is 1.36. The SMILES string of the molecule is COC(=O)NC(c1ccc(OC)c(OC)c1)c1nccc2cc(OC)c(OC)cc12. The molecule has 1 atom stereocenters. The molecule has 0 bridgehead atoms. The molecule has 1 N–H and O–H groups in total. The predicted molar refractivity (Wildman–Crippen MR) is 112 cm³/mol. The minimum Gasteiger partial charge on any atom is -0.493 e. The maximum absolute atomic E-state index is 12.1. The Morgan fingerprint density at radius 1 is 0.833 bits per heavy atom. The highest BCUT2D eigenvalue weighted by molar-refractivity contribution is 5.89. The fourth-order valence-electron chi connectivity index (χ4n) is 3.27. The summed E-state index contributed by atoms with van der Waals surface area (Å²) in [4.78, 5) is 16.7. The number of pyridine rings is 1. The van der Waals surface area contributed by atoms with Crippen LogP contribution in [0.2, 0.25) is 0 Å². The van der Waals surface area contributed by atoms with Gasteiger partial charge in [0.05, 0.1) is 41.2 Å². The Kier molecular flexibility index (Phi) is 6.46. The lowest BCUT2D eigenvalue weighted by Crippen LogP contribution is -2.30. The summed E-state index contributed by atoms with van der Waals surface area (Å²) in [6.45, 7) is 0. The Morgan fingerprint density at radius 3 is 2.10 bits per heavy atom. The van der Waals surface area contributed by atoms with Gasteiger partial charge in [-0.15, -0.1) is 0 Å². The van der Waals surface area contributed by atoms with Crippen LogP contribution in [0.15, 0.2) is 42.6 Å². The first kappa shape index (κ1) is 21.0. The summed E-state index contributed by atoms with van der Waals surface area (Å²) in [5.74, 6) is 2.27. The number of hydrogen-bond acceptors (Lipinski definition) is 7. The van der Waals surface area contributed by atoms with Crippen molar-refractivity contribution in [1.29, 1.82) is 0 Å². The average Bonchev–Trinajstić information content (AvgIpc) is 2.80. The number of ether oxygens (including phenoxy) is 5. The number of rotatable bonds is 7. The van der Waals surface area contributed by atoms with Crippen molar-refractivity contribution in [3.8, 4) is 23.0 Å². The van der Waals surface area contributed by atoms with Gasteiger partial charge in [0.1, 0.15) is 6.04 Å². The van der Waals surface area contributed by atoms with Gasteiger partial charge in [-0.3, -0.25) is 4.98 Å². The highest BCUT2D eigenvalue weighted by atomic mass is 16.5. The standard InChI is InChI=1S/C22H24N2O6/c1-26-16-7-6-14(11-17(16)27-2)20(24-22(25)30-5)21-15-12-19(29-4)18(28-3)10-13(15)8-9-23-21/h6-12,20H,1-5H3,(H,24,25). The fraction of sp³-hybridized carbons (Fsp3) is 0.273. The number of carbonyl (C=O) groups is 1. The van der Waals surface area contributed by atoms with Crippen molar-refractivity contribution < 1.29 is 28.5 Å². The van der Waals surface area contributed by atoms with Crippen molar-refractivity contribution in [1.82, 2.24) is 10.3 Å². The molecule has 1 aromatic heterocycles. The van der Waals surface area contributed by atoms with E-state index in [-0.39, 0.29) is 0 Å². The number of carbonyl (C=O) groups excluding carboxylic acids is 1. The molecule has 0 aliphatic rings. The van der Waals surface area contributed by atoms with Crippen LogP contribution in [0.3, 0.4) is 0 Å². The molecule has 0 radical (unpaired) electrons.